The van der Waals surface area contributed by atoms with E-state index in [4.69, 9.17) is 9.47 Å². The first-order valence-electron chi connectivity index (χ1n) is 7.38. The molecule has 0 bridgehead atoms. The molecular formula is C17H25NO4. The van der Waals surface area contributed by atoms with Crippen molar-refractivity contribution in [1.29, 1.82) is 0 Å². The lowest BCUT2D eigenvalue weighted by Crippen LogP contribution is -2.42. The van der Waals surface area contributed by atoms with E-state index in [9.17, 15) is 9.59 Å². The van der Waals surface area contributed by atoms with Crippen LogP contribution in [-0.2, 0) is 9.53 Å². The van der Waals surface area contributed by atoms with Gasteiger partial charge in [0.1, 0.15) is 5.75 Å². The lowest BCUT2D eigenvalue weighted by Gasteiger charge is -2.20. The summed E-state index contributed by atoms with van der Waals surface area (Å²) in [6, 6.07) is 6.76. The molecular weight excluding hydrogens is 282 g/mol. The van der Waals surface area contributed by atoms with E-state index in [1.807, 2.05) is 34.6 Å². The average Bonchev–Trinajstić information content (AvgIpc) is 2.41. The number of nitrogens with one attached hydrogen (secondary N) is 1. The van der Waals surface area contributed by atoms with Gasteiger partial charge in [0.25, 0.3) is 5.91 Å². The molecule has 122 valence electrons. The summed E-state index contributed by atoms with van der Waals surface area (Å²) in [6.07, 6.45) is 0. The van der Waals surface area contributed by atoms with Crippen LogP contribution < -0.4 is 10.1 Å². The van der Waals surface area contributed by atoms with Crippen LogP contribution in [-0.4, -0.2) is 30.6 Å². The standard InChI is InChI=1S/C17H25NO4/c1-12(2)10-21-14-8-6-7-13(9-14)16(20)22-11-15(19)18-17(3,4)5/h6-9,12H,10-11H2,1-5H3,(H,18,19). The van der Waals surface area contributed by atoms with Crippen LogP contribution in [0.2, 0.25) is 0 Å². The zero-order valence-electron chi connectivity index (χ0n) is 13.9. The van der Waals surface area contributed by atoms with Gasteiger partial charge in [-0.1, -0.05) is 19.9 Å². The van der Waals surface area contributed by atoms with Gasteiger partial charge in [0, 0.05) is 5.54 Å². The average molecular weight is 307 g/mol. The van der Waals surface area contributed by atoms with Gasteiger partial charge in [-0.25, -0.2) is 4.79 Å². The maximum Gasteiger partial charge on any atom is 0.338 e. The van der Waals surface area contributed by atoms with Crippen molar-refractivity contribution >= 4 is 11.9 Å². The fraction of sp³-hybridized carbons (Fsp3) is 0.529. The summed E-state index contributed by atoms with van der Waals surface area (Å²) in [7, 11) is 0. The van der Waals surface area contributed by atoms with Crippen LogP contribution in [0, 0.1) is 5.92 Å². The Morgan fingerprint density at radius 2 is 1.91 bits per heavy atom. The molecule has 5 nitrogen and oxygen atoms in total. The number of esters is 1. The van der Waals surface area contributed by atoms with E-state index in [0.29, 0.717) is 23.8 Å². The van der Waals surface area contributed by atoms with Gasteiger partial charge in [-0.2, -0.15) is 0 Å². The Morgan fingerprint density at radius 3 is 2.50 bits per heavy atom. The molecule has 0 unspecified atom stereocenters. The molecule has 5 heteroatoms. The van der Waals surface area contributed by atoms with Gasteiger partial charge >= 0.3 is 5.97 Å². The monoisotopic (exact) mass is 307 g/mol. The lowest BCUT2D eigenvalue weighted by atomic mass is 10.1. The Labute approximate surface area is 132 Å². The van der Waals surface area contributed by atoms with E-state index >= 15 is 0 Å². The fourth-order valence-electron chi connectivity index (χ4n) is 1.64. The Bertz CT molecular complexity index is 518. The second-order valence-corrected chi connectivity index (χ2v) is 6.61. The maximum absolute atomic E-state index is 11.9. The Hall–Kier alpha value is -2.04. The normalized spacial score (nSPS) is 11.2. The van der Waals surface area contributed by atoms with Crippen molar-refractivity contribution in [3.05, 3.63) is 29.8 Å². The molecule has 22 heavy (non-hydrogen) atoms. The van der Waals surface area contributed by atoms with Gasteiger partial charge in [-0.15, -0.1) is 0 Å². The highest BCUT2D eigenvalue weighted by Gasteiger charge is 2.16. The third-order valence-corrected chi connectivity index (χ3v) is 2.50. The van der Waals surface area contributed by atoms with Crippen LogP contribution in [0.25, 0.3) is 0 Å². The molecule has 1 N–H and O–H groups in total. The van der Waals surface area contributed by atoms with Crippen LogP contribution in [0.5, 0.6) is 5.75 Å². The summed E-state index contributed by atoms with van der Waals surface area (Å²) >= 11 is 0. The van der Waals surface area contributed by atoms with Crippen molar-refractivity contribution in [2.45, 2.75) is 40.2 Å². The second-order valence-electron chi connectivity index (χ2n) is 6.61. The zero-order chi connectivity index (χ0) is 16.8. The predicted molar refractivity (Wildman–Crippen MR) is 85.0 cm³/mol. The fourth-order valence-corrected chi connectivity index (χ4v) is 1.64. The smallest absolute Gasteiger partial charge is 0.338 e. The number of hydrogen-bond acceptors (Lipinski definition) is 4. The van der Waals surface area contributed by atoms with Gasteiger partial charge < -0.3 is 14.8 Å². The number of carbonyl (C=O) groups excluding carboxylic acids is 2. The summed E-state index contributed by atoms with van der Waals surface area (Å²) in [5, 5.41) is 2.73. The number of hydrogen-bond donors (Lipinski definition) is 1. The third-order valence-electron chi connectivity index (χ3n) is 2.50. The molecule has 0 aromatic heterocycles. The summed E-state index contributed by atoms with van der Waals surface area (Å²) in [5.41, 5.74) is 0.0125. The van der Waals surface area contributed by atoms with Crippen LogP contribution in [0.4, 0.5) is 0 Å². The molecule has 0 fully saturated rings. The summed E-state index contributed by atoms with van der Waals surface area (Å²) < 4.78 is 10.6. The number of benzene rings is 1. The molecule has 1 aromatic rings. The Kier molecular flexibility index (Phi) is 6.40. The highest BCUT2D eigenvalue weighted by Crippen LogP contribution is 2.15. The molecule has 0 aliphatic rings. The molecule has 1 amide bonds. The van der Waals surface area contributed by atoms with E-state index < -0.39 is 5.97 Å². The third kappa shape index (κ3) is 7.11. The highest BCUT2D eigenvalue weighted by atomic mass is 16.5. The molecule has 1 aromatic carbocycles. The van der Waals surface area contributed by atoms with Crippen molar-refractivity contribution in [3.8, 4) is 5.75 Å². The molecule has 0 radical (unpaired) electrons. The van der Waals surface area contributed by atoms with Crippen molar-refractivity contribution in [3.63, 3.8) is 0 Å². The van der Waals surface area contributed by atoms with Crippen LogP contribution in [0.1, 0.15) is 45.0 Å². The van der Waals surface area contributed by atoms with E-state index in [2.05, 4.69) is 5.32 Å². The molecule has 0 saturated carbocycles. The molecule has 0 heterocycles. The van der Waals surface area contributed by atoms with Gasteiger partial charge in [-0.3, -0.25) is 4.79 Å². The van der Waals surface area contributed by atoms with Crippen LogP contribution in [0.15, 0.2) is 24.3 Å². The van der Waals surface area contributed by atoms with Crippen molar-refractivity contribution in [2.24, 2.45) is 5.92 Å². The first-order chi connectivity index (χ1) is 10.2. The molecule has 0 spiro atoms. The summed E-state index contributed by atoms with van der Waals surface area (Å²) in [6.45, 7) is 9.96. The minimum absolute atomic E-state index is 0.298. The first kappa shape index (κ1) is 18.0. The van der Waals surface area contributed by atoms with E-state index in [1.54, 1.807) is 24.3 Å². The molecule has 1 rings (SSSR count). The van der Waals surface area contributed by atoms with Crippen molar-refractivity contribution in [1.82, 2.24) is 5.32 Å². The van der Waals surface area contributed by atoms with E-state index in [1.165, 1.54) is 0 Å². The predicted octanol–water partition coefficient (Wildman–Crippen LogP) is 2.79. The Morgan fingerprint density at radius 1 is 1.23 bits per heavy atom. The molecule has 0 aliphatic heterocycles. The second kappa shape index (κ2) is 7.82. The van der Waals surface area contributed by atoms with E-state index in [-0.39, 0.29) is 18.1 Å². The van der Waals surface area contributed by atoms with Crippen molar-refractivity contribution in [2.75, 3.05) is 13.2 Å². The Balaban J connectivity index is 2.55. The minimum Gasteiger partial charge on any atom is -0.493 e. The lowest BCUT2D eigenvalue weighted by molar-refractivity contribution is -0.125. The molecule has 0 atom stereocenters. The van der Waals surface area contributed by atoms with Gasteiger partial charge in [0.05, 0.1) is 12.2 Å². The quantitative estimate of drug-likeness (QED) is 0.821. The summed E-state index contributed by atoms with van der Waals surface area (Å²) in [4.78, 5) is 23.6. The highest BCUT2D eigenvalue weighted by molar-refractivity contribution is 5.91. The number of amides is 1. The van der Waals surface area contributed by atoms with Gasteiger partial charge in [-0.05, 0) is 44.9 Å². The maximum atomic E-state index is 11.9. The van der Waals surface area contributed by atoms with E-state index in [0.717, 1.165) is 0 Å². The first-order valence-corrected chi connectivity index (χ1v) is 7.38. The number of carbonyl (C=O) groups is 2. The van der Waals surface area contributed by atoms with Crippen molar-refractivity contribution < 1.29 is 19.1 Å². The van der Waals surface area contributed by atoms with Gasteiger partial charge in [0.2, 0.25) is 0 Å². The largest absolute Gasteiger partial charge is 0.493 e. The number of rotatable bonds is 6. The SMILES string of the molecule is CC(C)COc1cccc(C(=O)OCC(=O)NC(C)(C)C)c1. The van der Waals surface area contributed by atoms with Crippen LogP contribution >= 0.6 is 0 Å². The molecule has 0 aliphatic carbocycles. The number of ether oxygens (including phenoxy) is 2. The minimum atomic E-state index is -0.543. The van der Waals surface area contributed by atoms with Crippen LogP contribution in [0.3, 0.4) is 0 Å². The summed E-state index contributed by atoms with van der Waals surface area (Å²) in [5.74, 6) is 0.145. The van der Waals surface area contributed by atoms with Gasteiger partial charge in [0.15, 0.2) is 6.61 Å². The molecule has 0 saturated heterocycles. The topological polar surface area (TPSA) is 64.6 Å². The zero-order valence-corrected chi connectivity index (χ0v) is 13.9.